The number of benzene rings is 1. The fourth-order valence-corrected chi connectivity index (χ4v) is 5.37. The Morgan fingerprint density at radius 3 is 2.19 bits per heavy atom. The van der Waals surface area contributed by atoms with Gasteiger partial charge in [-0.2, -0.15) is 0 Å². The first-order valence-corrected chi connectivity index (χ1v) is 13.8. The molecule has 146 valence electrons. The number of allylic oxidation sites excluding steroid dienone is 1. The van der Waals surface area contributed by atoms with E-state index >= 15 is 0 Å². The summed E-state index contributed by atoms with van der Waals surface area (Å²) in [6, 6.07) is 7.05. The van der Waals surface area contributed by atoms with E-state index in [2.05, 4.69) is 47.7 Å². The topological polar surface area (TPSA) is 43.4 Å². The Hall–Kier alpha value is -0.913. The first kappa shape index (κ1) is 21.4. The molecule has 1 unspecified atom stereocenters. The molecule has 0 radical (unpaired) electrons. The van der Waals surface area contributed by atoms with Crippen LogP contribution in [0.2, 0.25) is 18.1 Å². The molecule has 0 amide bonds. The molecule has 1 saturated carbocycles. The highest BCUT2D eigenvalue weighted by molar-refractivity contribution is 7.94. The summed E-state index contributed by atoms with van der Waals surface area (Å²) in [5.74, 6) is 0.371. The fourth-order valence-electron chi connectivity index (χ4n) is 2.89. The normalized spacial score (nSPS) is 22.3. The minimum atomic E-state index is -3.39. The molecule has 0 spiro atoms. The Balaban J connectivity index is 2.11. The van der Waals surface area contributed by atoms with Gasteiger partial charge < -0.3 is 4.43 Å². The molecule has 0 saturated heterocycles. The number of hydrogen-bond acceptors (Lipinski definition) is 3. The second-order valence-corrected chi connectivity index (χ2v) is 16.3. The summed E-state index contributed by atoms with van der Waals surface area (Å²) in [6.07, 6.45) is 0.798. The maximum atomic E-state index is 12.7. The highest BCUT2D eigenvalue weighted by Crippen LogP contribution is 2.52. The Bertz CT molecular complexity index is 782. The molecule has 1 aromatic carbocycles. The van der Waals surface area contributed by atoms with Gasteiger partial charge in [0.15, 0.2) is 18.2 Å². The fraction of sp³-hybridized carbons (Fsp3) is 0.619. The van der Waals surface area contributed by atoms with E-state index in [1.165, 1.54) is 5.41 Å². The summed E-state index contributed by atoms with van der Waals surface area (Å²) >= 11 is 0. The van der Waals surface area contributed by atoms with Gasteiger partial charge >= 0.3 is 0 Å². The lowest BCUT2D eigenvalue weighted by Gasteiger charge is -2.49. The Kier molecular flexibility index (Phi) is 5.69. The van der Waals surface area contributed by atoms with Gasteiger partial charge in [0.25, 0.3) is 0 Å². The summed E-state index contributed by atoms with van der Waals surface area (Å²) in [7, 11) is -5.17. The van der Waals surface area contributed by atoms with E-state index in [-0.39, 0.29) is 10.5 Å². The molecule has 1 aromatic rings. The molecule has 1 aliphatic rings. The van der Waals surface area contributed by atoms with Gasteiger partial charge in [-0.1, -0.05) is 57.9 Å². The lowest BCUT2D eigenvalue weighted by Crippen LogP contribution is -2.47. The molecule has 0 heterocycles. The Morgan fingerprint density at radius 2 is 1.73 bits per heavy atom. The summed E-state index contributed by atoms with van der Waals surface area (Å²) < 4.78 is 31.7. The van der Waals surface area contributed by atoms with Crippen molar-refractivity contribution < 1.29 is 12.8 Å². The van der Waals surface area contributed by atoms with Gasteiger partial charge in [-0.3, -0.25) is 0 Å². The molecular formula is C21H34O3SSi. The molecule has 0 bridgehead atoms. The molecule has 1 fully saturated rings. The van der Waals surface area contributed by atoms with Crippen LogP contribution in [0.5, 0.6) is 0 Å². The maximum Gasteiger partial charge on any atom is 0.199 e. The average Bonchev–Trinajstić information content (AvgIpc) is 2.49. The van der Waals surface area contributed by atoms with Crippen molar-refractivity contribution in [3.05, 3.63) is 40.8 Å². The van der Waals surface area contributed by atoms with Crippen LogP contribution >= 0.6 is 0 Å². The van der Waals surface area contributed by atoms with Crippen molar-refractivity contribution in [3.63, 3.8) is 0 Å². The Labute approximate surface area is 160 Å². The minimum Gasteiger partial charge on any atom is -0.417 e. The smallest absolute Gasteiger partial charge is 0.199 e. The van der Waals surface area contributed by atoms with Crippen molar-refractivity contribution in [1.82, 2.24) is 0 Å². The van der Waals surface area contributed by atoms with Gasteiger partial charge in [0.2, 0.25) is 0 Å². The quantitative estimate of drug-likeness (QED) is 0.600. The van der Waals surface area contributed by atoms with Crippen LogP contribution in [-0.2, 0) is 14.3 Å². The average molecular weight is 395 g/mol. The third-order valence-electron chi connectivity index (χ3n) is 6.41. The highest BCUT2D eigenvalue weighted by atomic mass is 32.2. The molecular weight excluding hydrogens is 360 g/mol. The monoisotopic (exact) mass is 394 g/mol. The molecule has 3 nitrogen and oxygen atoms in total. The van der Waals surface area contributed by atoms with Crippen LogP contribution < -0.4 is 0 Å². The van der Waals surface area contributed by atoms with E-state index in [0.29, 0.717) is 17.4 Å². The van der Waals surface area contributed by atoms with Crippen molar-refractivity contribution in [2.45, 2.75) is 71.0 Å². The third-order valence-corrected chi connectivity index (χ3v) is 12.4. The van der Waals surface area contributed by atoms with E-state index in [1.807, 2.05) is 19.1 Å². The zero-order chi connectivity index (χ0) is 20.0. The van der Waals surface area contributed by atoms with E-state index in [4.69, 9.17) is 4.43 Å². The van der Waals surface area contributed by atoms with Gasteiger partial charge in [0.1, 0.15) is 0 Å². The lowest BCUT2D eigenvalue weighted by atomic mass is 9.59. The third kappa shape index (κ3) is 4.32. The summed E-state index contributed by atoms with van der Waals surface area (Å²) in [5, 5.41) is 1.68. The van der Waals surface area contributed by atoms with Gasteiger partial charge in [0.05, 0.1) is 4.90 Å². The SMILES string of the molecule is Cc1ccc(S(=O)(=O)C=C2CC(CO[Si](C)(C)C(C)(C)C)C2(C)C)cc1. The molecule has 1 aliphatic carbocycles. The summed E-state index contributed by atoms with van der Waals surface area (Å²) in [5.41, 5.74) is 1.92. The van der Waals surface area contributed by atoms with E-state index in [0.717, 1.165) is 17.6 Å². The number of sulfone groups is 1. The molecule has 2 rings (SSSR count). The van der Waals surface area contributed by atoms with Crippen LogP contribution in [0.25, 0.3) is 0 Å². The van der Waals surface area contributed by atoms with Crippen LogP contribution in [0.4, 0.5) is 0 Å². The second-order valence-electron chi connectivity index (χ2n) is 9.70. The van der Waals surface area contributed by atoms with E-state index < -0.39 is 18.2 Å². The van der Waals surface area contributed by atoms with Crippen LogP contribution in [0, 0.1) is 18.3 Å². The van der Waals surface area contributed by atoms with Crippen LogP contribution in [-0.4, -0.2) is 23.3 Å². The number of hydrogen-bond donors (Lipinski definition) is 0. The second kappa shape index (κ2) is 6.92. The first-order chi connectivity index (χ1) is 11.7. The van der Waals surface area contributed by atoms with E-state index in [1.54, 1.807) is 12.1 Å². The number of rotatable bonds is 5. The van der Waals surface area contributed by atoms with E-state index in [9.17, 15) is 8.42 Å². The van der Waals surface area contributed by atoms with Crippen LogP contribution in [0.15, 0.2) is 40.1 Å². The molecule has 0 aromatic heterocycles. The van der Waals surface area contributed by atoms with Gasteiger partial charge in [-0.05, 0) is 54.9 Å². The molecule has 0 N–H and O–H groups in total. The molecule has 0 aliphatic heterocycles. The molecule has 1 atom stereocenters. The number of aryl methyl sites for hydroxylation is 1. The highest BCUT2D eigenvalue weighted by Gasteiger charge is 2.46. The van der Waals surface area contributed by atoms with Crippen LogP contribution in [0.3, 0.4) is 0 Å². The first-order valence-electron chi connectivity index (χ1n) is 9.33. The van der Waals surface area contributed by atoms with Crippen LogP contribution in [0.1, 0.15) is 46.6 Å². The Morgan fingerprint density at radius 1 is 1.19 bits per heavy atom. The molecule has 5 heteroatoms. The predicted molar refractivity (Wildman–Crippen MR) is 111 cm³/mol. The summed E-state index contributed by atoms with van der Waals surface area (Å²) in [4.78, 5) is 0.368. The zero-order valence-electron chi connectivity index (χ0n) is 17.5. The van der Waals surface area contributed by atoms with Gasteiger partial charge in [0, 0.05) is 12.0 Å². The van der Waals surface area contributed by atoms with Crippen molar-refractivity contribution in [3.8, 4) is 0 Å². The van der Waals surface area contributed by atoms with Gasteiger partial charge in [-0.25, -0.2) is 8.42 Å². The minimum absolute atomic E-state index is 0.139. The largest absolute Gasteiger partial charge is 0.417 e. The predicted octanol–water partition coefficient (Wildman–Crippen LogP) is 5.72. The van der Waals surface area contributed by atoms with Crippen molar-refractivity contribution in [2.75, 3.05) is 6.61 Å². The summed E-state index contributed by atoms with van der Waals surface area (Å²) in [6.45, 7) is 18.2. The molecule has 26 heavy (non-hydrogen) atoms. The lowest BCUT2D eigenvalue weighted by molar-refractivity contribution is 0.0900. The standard InChI is InChI=1S/C21H34O3SSi/c1-16-9-11-19(12-10-16)25(22,23)15-18-13-17(21(18,5)6)14-24-26(7,8)20(2,3)4/h9-12,15,17H,13-14H2,1-8H3. The van der Waals surface area contributed by atoms with Crippen molar-refractivity contribution >= 4 is 18.2 Å². The van der Waals surface area contributed by atoms with Crippen molar-refractivity contribution in [2.24, 2.45) is 11.3 Å². The van der Waals surface area contributed by atoms with Gasteiger partial charge in [-0.15, -0.1) is 0 Å². The maximum absolute atomic E-state index is 12.7. The van der Waals surface area contributed by atoms with Crippen molar-refractivity contribution in [1.29, 1.82) is 0 Å². The zero-order valence-corrected chi connectivity index (χ0v) is 19.3.